The molecule has 4 aromatic rings. The van der Waals surface area contributed by atoms with Crippen molar-refractivity contribution in [2.24, 2.45) is 7.05 Å². The van der Waals surface area contributed by atoms with Gasteiger partial charge in [-0.05, 0) is 36.4 Å². The van der Waals surface area contributed by atoms with Crippen molar-refractivity contribution in [1.82, 2.24) is 14.1 Å². The molecule has 2 aromatic carbocycles. The molecule has 0 aliphatic heterocycles. The Kier molecular flexibility index (Phi) is 4.33. The molecule has 0 aliphatic rings. The molecule has 1 N–H and O–H groups in total. The van der Waals surface area contributed by atoms with Crippen LogP contribution < -0.4 is 11.0 Å². The third kappa shape index (κ3) is 3.26. The van der Waals surface area contributed by atoms with Crippen LogP contribution in [0.3, 0.4) is 0 Å². The maximum atomic E-state index is 13.0. The molecule has 0 spiro atoms. The minimum absolute atomic E-state index is 0.106. The average molecular weight is 382 g/mol. The maximum Gasteiger partial charge on any atom is 0.329 e. The number of amides is 1. The highest BCUT2D eigenvalue weighted by Gasteiger charge is 2.14. The number of aryl methyl sites for hydroxylation is 1. The average Bonchev–Trinajstić information content (AvgIpc) is 3.22. The van der Waals surface area contributed by atoms with Gasteiger partial charge in [0, 0.05) is 18.0 Å². The van der Waals surface area contributed by atoms with E-state index in [0.29, 0.717) is 16.3 Å². The summed E-state index contributed by atoms with van der Waals surface area (Å²) >= 11 is 1.27. The Morgan fingerprint density at radius 2 is 1.85 bits per heavy atom. The molecular weight excluding hydrogens is 367 g/mol. The van der Waals surface area contributed by atoms with Crippen LogP contribution in [0.2, 0.25) is 0 Å². The van der Waals surface area contributed by atoms with Crippen molar-refractivity contribution in [2.75, 3.05) is 5.32 Å². The lowest BCUT2D eigenvalue weighted by atomic mass is 10.2. The van der Waals surface area contributed by atoms with Gasteiger partial charge in [-0.25, -0.2) is 14.2 Å². The van der Waals surface area contributed by atoms with Crippen LogP contribution in [0.1, 0.15) is 0 Å². The van der Waals surface area contributed by atoms with Gasteiger partial charge in [-0.15, -0.1) is 11.3 Å². The number of hydrogen-bond donors (Lipinski definition) is 1. The van der Waals surface area contributed by atoms with E-state index >= 15 is 0 Å². The molecule has 1 amide bonds. The molecule has 0 saturated carbocycles. The van der Waals surface area contributed by atoms with Crippen LogP contribution in [-0.4, -0.2) is 20.0 Å². The predicted molar refractivity (Wildman–Crippen MR) is 103 cm³/mol. The number of anilines is 1. The first-order chi connectivity index (χ1) is 13.0. The summed E-state index contributed by atoms with van der Waals surface area (Å²) < 4.78 is 16.0. The topological polar surface area (TPSA) is 68.9 Å². The minimum Gasteiger partial charge on any atom is -0.300 e. The summed E-state index contributed by atoms with van der Waals surface area (Å²) in [7, 11) is 1.68. The Morgan fingerprint density at radius 1 is 1.15 bits per heavy atom. The molecule has 0 aliphatic carbocycles. The molecule has 0 saturated heterocycles. The van der Waals surface area contributed by atoms with Crippen LogP contribution in [0.15, 0.2) is 58.7 Å². The number of imidazole rings is 1. The fraction of sp³-hybridized carbons (Fsp3) is 0.105. The zero-order chi connectivity index (χ0) is 19.0. The second-order valence-electron chi connectivity index (χ2n) is 6.01. The van der Waals surface area contributed by atoms with E-state index < -0.39 is 0 Å². The standard InChI is InChI=1S/C19H15FN4O2S/c1-23-15-4-2-3-5-16(15)24(19(23)26)10-17(25)22-18-21-14(11-27-18)12-6-8-13(20)9-7-12/h2-9,11H,10H2,1H3,(H,21,22,25). The van der Waals surface area contributed by atoms with Gasteiger partial charge in [0.15, 0.2) is 5.13 Å². The van der Waals surface area contributed by atoms with Crippen molar-refractivity contribution in [3.63, 3.8) is 0 Å². The number of para-hydroxylation sites is 2. The number of nitrogens with zero attached hydrogens (tertiary/aromatic N) is 3. The second kappa shape index (κ2) is 6.81. The highest BCUT2D eigenvalue weighted by Crippen LogP contribution is 2.25. The third-order valence-corrected chi connectivity index (χ3v) is 5.00. The Balaban J connectivity index is 1.53. The molecule has 6 nitrogen and oxygen atoms in total. The van der Waals surface area contributed by atoms with E-state index in [1.54, 1.807) is 30.6 Å². The first-order valence-electron chi connectivity index (χ1n) is 8.18. The third-order valence-electron chi connectivity index (χ3n) is 4.24. The number of halogens is 1. The molecule has 27 heavy (non-hydrogen) atoms. The summed E-state index contributed by atoms with van der Waals surface area (Å²) in [6.07, 6.45) is 0. The number of nitrogens with one attached hydrogen (secondary N) is 1. The van der Waals surface area contributed by atoms with Crippen LogP contribution in [0.5, 0.6) is 0 Å². The number of aromatic nitrogens is 3. The van der Waals surface area contributed by atoms with E-state index in [2.05, 4.69) is 10.3 Å². The van der Waals surface area contributed by atoms with Crippen LogP contribution in [0.25, 0.3) is 22.3 Å². The number of thiazole rings is 1. The van der Waals surface area contributed by atoms with Crippen molar-refractivity contribution in [3.05, 3.63) is 70.2 Å². The monoisotopic (exact) mass is 382 g/mol. The first kappa shape index (κ1) is 17.2. The van der Waals surface area contributed by atoms with Gasteiger partial charge >= 0.3 is 5.69 Å². The van der Waals surface area contributed by atoms with Crippen LogP contribution in [0, 0.1) is 5.82 Å². The Morgan fingerprint density at radius 3 is 2.59 bits per heavy atom. The summed E-state index contributed by atoms with van der Waals surface area (Å²) in [5.74, 6) is -0.656. The van der Waals surface area contributed by atoms with Gasteiger partial charge in [-0.1, -0.05) is 12.1 Å². The van der Waals surface area contributed by atoms with Crippen LogP contribution in [0.4, 0.5) is 9.52 Å². The van der Waals surface area contributed by atoms with Gasteiger partial charge in [0.2, 0.25) is 5.91 Å². The molecule has 2 heterocycles. The summed E-state index contributed by atoms with van der Waals surface area (Å²) in [5.41, 5.74) is 2.63. The largest absolute Gasteiger partial charge is 0.329 e. The van der Waals surface area contributed by atoms with Crippen LogP contribution in [-0.2, 0) is 18.4 Å². The Hall–Kier alpha value is -3.26. The van der Waals surface area contributed by atoms with E-state index in [4.69, 9.17) is 0 Å². The smallest absolute Gasteiger partial charge is 0.300 e. The Bertz CT molecular complexity index is 1190. The van der Waals surface area contributed by atoms with Crippen molar-refractivity contribution in [2.45, 2.75) is 6.54 Å². The molecule has 4 rings (SSSR count). The van der Waals surface area contributed by atoms with E-state index in [1.165, 1.54) is 32.6 Å². The SMILES string of the molecule is Cn1c(=O)n(CC(=O)Nc2nc(-c3ccc(F)cc3)cs2)c2ccccc21. The van der Waals surface area contributed by atoms with Gasteiger partial charge in [0.1, 0.15) is 12.4 Å². The van der Waals surface area contributed by atoms with Crippen molar-refractivity contribution < 1.29 is 9.18 Å². The molecule has 0 unspecified atom stereocenters. The molecule has 0 atom stereocenters. The van der Waals surface area contributed by atoms with Gasteiger partial charge in [-0.2, -0.15) is 0 Å². The summed E-state index contributed by atoms with van der Waals surface area (Å²) in [6.45, 7) is -0.106. The Labute approximate surface area is 157 Å². The molecule has 0 fully saturated rings. The lowest BCUT2D eigenvalue weighted by molar-refractivity contribution is -0.116. The molecular formula is C19H15FN4O2S. The fourth-order valence-electron chi connectivity index (χ4n) is 2.90. The predicted octanol–water partition coefficient (Wildman–Crippen LogP) is 3.24. The van der Waals surface area contributed by atoms with Gasteiger partial charge in [0.05, 0.1) is 16.7 Å². The molecule has 8 heteroatoms. The maximum absolute atomic E-state index is 13.0. The van der Waals surface area contributed by atoms with E-state index in [9.17, 15) is 14.0 Å². The number of carbonyl (C=O) groups is 1. The van der Waals surface area contributed by atoms with Crippen molar-refractivity contribution >= 4 is 33.4 Å². The zero-order valence-electron chi connectivity index (χ0n) is 14.3. The number of carbonyl (C=O) groups excluding carboxylic acids is 1. The summed E-state index contributed by atoms with van der Waals surface area (Å²) in [4.78, 5) is 29.2. The quantitative estimate of drug-likeness (QED) is 0.589. The number of fused-ring (bicyclic) bond motifs is 1. The highest BCUT2D eigenvalue weighted by atomic mass is 32.1. The number of hydrogen-bond acceptors (Lipinski definition) is 4. The van der Waals surface area contributed by atoms with E-state index in [1.807, 2.05) is 18.2 Å². The van der Waals surface area contributed by atoms with Crippen molar-refractivity contribution in [1.29, 1.82) is 0 Å². The number of rotatable bonds is 4. The molecule has 136 valence electrons. The minimum atomic E-state index is -0.339. The van der Waals surface area contributed by atoms with E-state index in [0.717, 1.165) is 11.1 Å². The highest BCUT2D eigenvalue weighted by molar-refractivity contribution is 7.14. The summed E-state index contributed by atoms with van der Waals surface area (Å²) in [6, 6.07) is 13.3. The molecule has 2 aromatic heterocycles. The normalized spacial score (nSPS) is 11.0. The number of benzene rings is 2. The zero-order valence-corrected chi connectivity index (χ0v) is 15.2. The second-order valence-corrected chi connectivity index (χ2v) is 6.87. The van der Waals surface area contributed by atoms with Gasteiger partial charge < -0.3 is 5.32 Å². The molecule has 0 radical (unpaired) electrons. The van der Waals surface area contributed by atoms with Crippen LogP contribution >= 0.6 is 11.3 Å². The first-order valence-corrected chi connectivity index (χ1v) is 9.06. The van der Waals surface area contributed by atoms with E-state index in [-0.39, 0.29) is 24.0 Å². The lowest BCUT2D eigenvalue weighted by Gasteiger charge is -2.03. The lowest BCUT2D eigenvalue weighted by Crippen LogP contribution is -2.28. The van der Waals surface area contributed by atoms with Crippen molar-refractivity contribution in [3.8, 4) is 11.3 Å². The fourth-order valence-corrected chi connectivity index (χ4v) is 3.64. The molecule has 0 bridgehead atoms. The van der Waals surface area contributed by atoms with Gasteiger partial charge in [0.25, 0.3) is 0 Å². The summed E-state index contributed by atoms with van der Waals surface area (Å²) in [5, 5.41) is 4.93. The van der Waals surface area contributed by atoms with Gasteiger partial charge in [-0.3, -0.25) is 13.9 Å².